The van der Waals surface area contributed by atoms with Crippen molar-refractivity contribution < 1.29 is 4.74 Å². The normalized spacial score (nSPS) is 20.8. The molecule has 0 amide bonds. The molecule has 0 bridgehead atoms. The molecule has 0 aromatic carbocycles. The molecule has 4 N–H and O–H groups in total. The molecule has 0 aliphatic carbocycles. The number of rotatable bonds is 6. The summed E-state index contributed by atoms with van der Waals surface area (Å²) < 4.78 is 5.66. The second-order valence-corrected chi connectivity index (χ2v) is 4.09. The van der Waals surface area contributed by atoms with E-state index < -0.39 is 0 Å². The van der Waals surface area contributed by atoms with Crippen LogP contribution in [-0.2, 0) is 4.74 Å². The minimum absolute atomic E-state index is 0.195. The summed E-state index contributed by atoms with van der Waals surface area (Å²) in [7, 11) is 0. The Morgan fingerprint density at radius 1 is 1.08 bits per heavy atom. The van der Waals surface area contributed by atoms with Gasteiger partial charge in [0.25, 0.3) is 0 Å². The van der Waals surface area contributed by atoms with E-state index in [1.54, 1.807) is 0 Å². The van der Waals surface area contributed by atoms with E-state index in [1.807, 2.05) is 6.92 Å². The molecule has 4 unspecified atom stereocenters. The second-order valence-electron chi connectivity index (χ2n) is 4.09. The Kier molecular flexibility index (Phi) is 6.29. The molecule has 0 aliphatic heterocycles. The van der Waals surface area contributed by atoms with Crippen LogP contribution in [0.3, 0.4) is 0 Å². The Balaban J connectivity index is 3.63. The van der Waals surface area contributed by atoms with Gasteiger partial charge >= 0.3 is 0 Å². The number of hydrogen-bond acceptors (Lipinski definition) is 3. The summed E-state index contributed by atoms with van der Waals surface area (Å²) in [6.07, 6.45) is 0.228. The molecular formula is C10H24N2O. The topological polar surface area (TPSA) is 61.3 Å². The fourth-order valence-corrected chi connectivity index (χ4v) is 0.811. The van der Waals surface area contributed by atoms with Crippen LogP contribution in [0.15, 0.2) is 0 Å². The number of nitrogens with two attached hydrogens (primary N) is 2. The Labute approximate surface area is 81.8 Å². The Bertz CT molecular complexity index is 128. The fourth-order valence-electron chi connectivity index (χ4n) is 0.811. The van der Waals surface area contributed by atoms with Gasteiger partial charge in [-0.25, -0.2) is 0 Å². The first-order valence-corrected chi connectivity index (χ1v) is 5.06. The Morgan fingerprint density at radius 2 is 1.62 bits per heavy atom. The second kappa shape index (κ2) is 6.35. The Hall–Kier alpha value is -0.120. The average Bonchev–Trinajstić information content (AvgIpc) is 2.11. The maximum absolute atomic E-state index is 5.73. The van der Waals surface area contributed by atoms with Crippen molar-refractivity contribution in [1.82, 2.24) is 0 Å². The van der Waals surface area contributed by atoms with Crippen LogP contribution in [0.5, 0.6) is 0 Å². The van der Waals surface area contributed by atoms with E-state index in [-0.39, 0.29) is 12.1 Å². The highest BCUT2D eigenvalue weighted by atomic mass is 16.5. The van der Waals surface area contributed by atoms with Crippen molar-refractivity contribution in [2.75, 3.05) is 13.2 Å². The van der Waals surface area contributed by atoms with E-state index in [0.29, 0.717) is 18.4 Å². The molecule has 0 aromatic rings. The minimum Gasteiger partial charge on any atom is -0.378 e. The van der Waals surface area contributed by atoms with Crippen LogP contribution in [0.2, 0.25) is 0 Å². The molecule has 0 saturated heterocycles. The lowest BCUT2D eigenvalue weighted by Crippen LogP contribution is -2.32. The average molecular weight is 188 g/mol. The van der Waals surface area contributed by atoms with Crippen LogP contribution in [0.25, 0.3) is 0 Å². The molecule has 0 radical (unpaired) electrons. The minimum atomic E-state index is 0.195. The first kappa shape index (κ1) is 12.9. The predicted octanol–water partition coefficient (Wildman–Crippen LogP) is 0.970. The third-order valence-corrected chi connectivity index (χ3v) is 2.69. The highest BCUT2D eigenvalue weighted by molar-refractivity contribution is 4.66. The van der Waals surface area contributed by atoms with Crippen LogP contribution in [0.4, 0.5) is 0 Å². The zero-order chi connectivity index (χ0) is 10.4. The third kappa shape index (κ3) is 5.24. The van der Waals surface area contributed by atoms with Crippen molar-refractivity contribution >= 4 is 0 Å². The highest BCUT2D eigenvalue weighted by Crippen LogP contribution is 2.08. The van der Waals surface area contributed by atoms with Crippen molar-refractivity contribution in [3.63, 3.8) is 0 Å². The highest BCUT2D eigenvalue weighted by Gasteiger charge is 2.14. The van der Waals surface area contributed by atoms with Crippen LogP contribution in [0, 0.1) is 11.8 Å². The molecule has 0 fully saturated rings. The van der Waals surface area contributed by atoms with Gasteiger partial charge in [0.05, 0.1) is 12.7 Å². The van der Waals surface area contributed by atoms with Crippen molar-refractivity contribution in [2.45, 2.75) is 39.8 Å². The van der Waals surface area contributed by atoms with E-state index in [2.05, 4.69) is 20.8 Å². The number of hydrogen-bond donors (Lipinski definition) is 2. The maximum Gasteiger partial charge on any atom is 0.0584 e. The van der Waals surface area contributed by atoms with E-state index in [0.717, 1.165) is 6.61 Å². The monoisotopic (exact) mass is 188 g/mol. The summed E-state index contributed by atoms with van der Waals surface area (Å²) in [6.45, 7) is 9.67. The zero-order valence-electron chi connectivity index (χ0n) is 9.29. The molecular weight excluding hydrogens is 164 g/mol. The van der Waals surface area contributed by atoms with Gasteiger partial charge in [0, 0.05) is 6.04 Å². The SMILES string of the molecule is CC(N)C(C)COC(C)C(C)CN. The first-order valence-electron chi connectivity index (χ1n) is 5.06. The summed E-state index contributed by atoms with van der Waals surface area (Å²) in [6, 6.07) is 0.195. The molecule has 3 nitrogen and oxygen atoms in total. The van der Waals surface area contributed by atoms with Gasteiger partial charge in [-0.05, 0) is 32.2 Å². The molecule has 0 aliphatic rings. The summed E-state index contributed by atoms with van der Waals surface area (Å²) in [4.78, 5) is 0. The summed E-state index contributed by atoms with van der Waals surface area (Å²) in [5, 5.41) is 0. The summed E-state index contributed by atoms with van der Waals surface area (Å²) in [5.74, 6) is 0.827. The largest absolute Gasteiger partial charge is 0.378 e. The van der Waals surface area contributed by atoms with E-state index >= 15 is 0 Å². The van der Waals surface area contributed by atoms with Crippen LogP contribution >= 0.6 is 0 Å². The lowest BCUT2D eigenvalue weighted by Gasteiger charge is -2.22. The van der Waals surface area contributed by atoms with Crippen LogP contribution in [-0.4, -0.2) is 25.3 Å². The lowest BCUT2D eigenvalue weighted by molar-refractivity contribution is 0.0112. The predicted molar refractivity (Wildman–Crippen MR) is 56.4 cm³/mol. The summed E-state index contributed by atoms with van der Waals surface area (Å²) in [5.41, 5.74) is 11.3. The van der Waals surface area contributed by atoms with Crippen LogP contribution in [0.1, 0.15) is 27.7 Å². The quantitative estimate of drug-likeness (QED) is 0.653. The van der Waals surface area contributed by atoms with Crippen LogP contribution < -0.4 is 11.5 Å². The third-order valence-electron chi connectivity index (χ3n) is 2.69. The standard InChI is InChI=1S/C10H24N2O/c1-7(5-11)10(4)13-6-8(2)9(3)12/h7-10H,5-6,11-12H2,1-4H3. The van der Waals surface area contributed by atoms with Gasteiger partial charge in [0.1, 0.15) is 0 Å². The lowest BCUT2D eigenvalue weighted by atomic mass is 10.0. The molecule has 3 heteroatoms. The van der Waals surface area contributed by atoms with Gasteiger partial charge in [-0.3, -0.25) is 0 Å². The molecule has 80 valence electrons. The molecule has 13 heavy (non-hydrogen) atoms. The molecule has 0 rings (SSSR count). The van der Waals surface area contributed by atoms with Gasteiger partial charge in [-0.1, -0.05) is 13.8 Å². The first-order chi connectivity index (χ1) is 5.99. The van der Waals surface area contributed by atoms with E-state index in [1.165, 1.54) is 0 Å². The van der Waals surface area contributed by atoms with Crippen molar-refractivity contribution in [3.05, 3.63) is 0 Å². The zero-order valence-corrected chi connectivity index (χ0v) is 9.29. The maximum atomic E-state index is 5.73. The molecule has 0 heterocycles. The van der Waals surface area contributed by atoms with Gasteiger partial charge in [-0.15, -0.1) is 0 Å². The smallest absolute Gasteiger partial charge is 0.0584 e. The Morgan fingerprint density at radius 3 is 2.00 bits per heavy atom. The molecule has 0 saturated carbocycles. The van der Waals surface area contributed by atoms with Gasteiger partial charge in [0.15, 0.2) is 0 Å². The van der Waals surface area contributed by atoms with Crippen molar-refractivity contribution in [2.24, 2.45) is 23.3 Å². The molecule has 0 spiro atoms. The van der Waals surface area contributed by atoms with Gasteiger partial charge in [-0.2, -0.15) is 0 Å². The fraction of sp³-hybridized carbons (Fsp3) is 1.00. The molecule has 4 atom stereocenters. The van der Waals surface area contributed by atoms with Gasteiger partial charge in [0.2, 0.25) is 0 Å². The summed E-state index contributed by atoms with van der Waals surface area (Å²) >= 11 is 0. The van der Waals surface area contributed by atoms with E-state index in [9.17, 15) is 0 Å². The molecule has 0 aromatic heterocycles. The van der Waals surface area contributed by atoms with E-state index in [4.69, 9.17) is 16.2 Å². The number of ether oxygens (including phenoxy) is 1. The van der Waals surface area contributed by atoms with Crippen molar-refractivity contribution in [1.29, 1.82) is 0 Å². The van der Waals surface area contributed by atoms with Crippen molar-refractivity contribution in [3.8, 4) is 0 Å². The van der Waals surface area contributed by atoms with Gasteiger partial charge < -0.3 is 16.2 Å².